The quantitative estimate of drug-likeness (QED) is 0.947. The topological polar surface area (TPSA) is 49.4 Å². The zero-order valence-electron chi connectivity index (χ0n) is 12.1. The lowest BCUT2D eigenvalue weighted by molar-refractivity contribution is -0.134. The second kappa shape index (κ2) is 5.48. The number of hydrogen-bond acceptors (Lipinski definition) is 3. The predicted octanol–water partition coefficient (Wildman–Crippen LogP) is 2.92. The highest BCUT2D eigenvalue weighted by atomic mass is 32.1. The molecule has 4 nitrogen and oxygen atoms in total. The Hall–Kier alpha value is -1.88. The molecule has 2 amide bonds. The molecule has 0 spiro atoms. The maximum Gasteiger partial charge on any atom is 0.250 e. The molecular weight excluding hydrogens is 284 g/mol. The molecule has 110 valence electrons. The molecule has 0 aliphatic carbocycles. The molecule has 2 heterocycles. The third-order valence-electron chi connectivity index (χ3n) is 3.98. The van der Waals surface area contributed by atoms with E-state index in [-0.39, 0.29) is 11.8 Å². The minimum absolute atomic E-state index is 0.0153. The highest BCUT2D eigenvalue weighted by Crippen LogP contribution is 2.29. The molecule has 1 N–H and O–H groups in total. The lowest BCUT2D eigenvalue weighted by Crippen LogP contribution is -2.63. The van der Waals surface area contributed by atoms with Crippen LogP contribution in [0.2, 0.25) is 0 Å². The second-order valence-electron chi connectivity index (χ2n) is 5.24. The summed E-state index contributed by atoms with van der Waals surface area (Å²) in [7, 11) is 0. The van der Waals surface area contributed by atoms with Gasteiger partial charge in [0.1, 0.15) is 12.1 Å². The SMILES string of the molecule is CCC1NC(=O)C(CC)N(c2ccc3sccc3c2)C1=O. The fourth-order valence-electron chi connectivity index (χ4n) is 2.82. The van der Waals surface area contributed by atoms with Crippen LogP contribution in [-0.2, 0) is 9.59 Å². The summed E-state index contributed by atoms with van der Waals surface area (Å²) in [4.78, 5) is 26.6. The molecule has 1 aromatic carbocycles. The van der Waals surface area contributed by atoms with E-state index in [1.165, 1.54) is 4.70 Å². The fourth-order valence-corrected chi connectivity index (χ4v) is 3.60. The van der Waals surface area contributed by atoms with E-state index in [2.05, 4.69) is 5.32 Å². The molecule has 1 aromatic heterocycles. The normalized spacial score (nSPS) is 22.7. The first kappa shape index (κ1) is 14.1. The monoisotopic (exact) mass is 302 g/mol. The Morgan fingerprint density at radius 1 is 1.19 bits per heavy atom. The van der Waals surface area contributed by atoms with Crippen LogP contribution in [0.15, 0.2) is 29.6 Å². The standard InChI is InChI=1S/C16H18N2O2S/c1-3-12-16(20)18(13(4-2)15(19)17-12)11-5-6-14-10(9-11)7-8-21-14/h5-9,12-13H,3-4H2,1-2H3,(H,17,19). The largest absolute Gasteiger partial charge is 0.342 e. The van der Waals surface area contributed by atoms with Crippen LogP contribution in [-0.4, -0.2) is 23.9 Å². The van der Waals surface area contributed by atoms with E-state index in [0.29, 0.717) is 12.8 Å². The Kier molecular flexibility index (Phi) is 3.68. The zero-order chi connectivity index (χ0) is 15.0. The molecular formula is C16H18N2O2S. The Bertz CT molecular complexity index is 694. The maximum atomic E-state index is 12.7. The number of thiophene rings is 1. The van der Waals surface area contributed by atoms with Crippen LogP contribution in [0.5, 0.6) is 0 Å². The number of benzene rings is 1. The number of rotatable bonds is 3. The first-order valence-electron chi connectivity index (χ1n) is 7.26. The number of carbonyl (C=O) groups excluding carboxylic acids is 2. The summed E-state index contributed by atoms with van der Waals surface area (Å²) in [6.45, 7) is 3.84. The van der Waals surface area contributed by atoms with Gasteiger partial charge in [-0.1, -0.05) is 13.8 Å². The van der Waals surface area contributed by atoms with Crippen LogP contribution < -0.4 is 10.2 Å². The summed E-state index contributed by atoms with van der Waals surface area (Å²) >= 11 is 1.67. The van der Waals surface area contributed by atoms with Gasteiger partial charge >= 0.3 is 0 Å². The van der Waals surface area contributed by atoms with E-state index in [4.69, 9.17) is 0 Å². The van der Waals surface area contributed by atoms with Gasteiger partial charge in [-0.25, -0.2) is 0 Å². The van der Waals surface area contributed by atoms with Gasteiger partial charge < -0.3 is 5.32 Å². The van der Waals surface area contributed by atoms with Gasteiger partial charge in [-0.05, 0) is 47.9 Å². The Labute approximate surface area is 127 Å². The van der Waals surface area contributed by atoms with E-state index in [1.807, 2.05) is 43.5 Å². The van der Waals surface area contributed by atoms with Crippen LogP contribution >= 0.6 is 11.3 Å². The van der Waals surface area contributed by atoms with Crippen LogP contribution in [0.25, 0.3) is 10.1 Å². The summed E-state index contributed by atoms with van der Waals surface area (Å²) in [5.41, 5.74) is 0.811. The third kappa shape index (κ3) is 2.31. The van der Waals surface area contributed by atoms with Crippen molar-refractivity contribution >= 4 is 38.9 Å². The van der Waals surface area contributed by atoms with E-state index >= 15 is 0 Å². The average molecular weight is 302 g/mol. The predicted molar refractivity (Wildman–Crippen MR) is 85.6 cm³/mol. The Balaban J connectivity index is 2.06. The summed E-state index contributed by atoms with van der Waals surface area (Å²) < 4.78 is 1.19. The molecule has 1 aliphatic rings. The second-order valence-corrected chi connectivity index (χ2v) is 6.19. The van der Waals surface area contributed by atoms with Crippen molar-refractivity contribution in [2.24, 2.45) is 0 Å². The van der Waals surface area contributed by atoms with Crippen LogP contribution in [0.4, 0.5) is 5.69 Å². The van der Waals surface area contributed by atoms with Crippen molar-refractivity contribution < 1.29 is 9.59 Å². The van der Waals surface area contributed by atoms with Crippen molar-refractivity contribution in [1.82, 2.24) is 5.32 Å². The molecule has 5 heteroatoms. The Morgan fingerprint density at radius 3 is 2.71 bits per heavy atom. The van der Waals surface area contributed by atoms with Crippen molar-refractivity contribution in [3.05, 3.63) is 29.6 Å². The van der Waals surface area contributed by atoms with Crippen LogP contribution in [0.3, 0.4) is 0 Å². The number of carbonyl (C=O) groups is 2. The number of hydrogen-bond donors (Lipinski definition) is 1. The van der Waals surface area contributed by atoms with E-state index < -0.39 is 12.1 Å². The highest BCUT2D eigenvalue weighted by Gasteiger charge is 2.39. The minimum Gasteiger partial charge on any atom is -0.342 e. The van der Waals surface area contributed by atoms with Crippen LogP contribution in [0, 0.1) is 0 Å². The third-order valence-corrected chi connectivity index (χ3v) is 4.87. The van der Waals surface area contributed by atoms with E-state index in [1.54, 1.807) is 16.2 Å². The summed E-state index contributed by atoms with van der Waals surface area (Å²) in [5, 5.41) is 5.96. The van der Waals surface area contributed by atoms with Crippen molar-refractivity contribution in [3.63, 3.8) is 0 Å². The van der Waals surface area contributed by atoms with Crippen molar-refractivity contribution in [3.8, 4) is 0 Å². The van der Waals surface area contributed by atoms with Crippen molar-refractivity contribution in [2.75, 3.05) is 4.90 Å². The number of piperazine rings is 1. The smallest absolute Gasteiger partial charge is 0.250 e. The van der Waals surface area contributed by atoms with Gasteiger partial charge in [-0.2, -0.15) is 0 Å². The van der Waals surface area contributed by atoms with Gasteiger partial charge in [-0.15, -0.1) is 11.3 Å². The molecule has 0 radical (unpaired) electrons. The van der Waals surface area contributed by atoms with Gasteiger partial charge in [0.15, 0.2) is 0 Å². The first-order valence-corrected chi connectivity index (χ1v) is 8.14. The molecule has 21 heavy (non-hydrogen) atoms. The molecule has 2 atom stereocenters. The molecule has 1 saturated heterocycles. The van der Waals surface area contributed by atoms with Crippen molar-refractivity contribution in [1.29, 1.82) is 0 Å². The Morgan fingerprint density at radius 2 is 2.00 bits per heavy atom. The van der Waals surface area contributed by atoms with E-state index in [9.17, 15) is 9.59 Å². The molecule has 2 unspecified atom stereocenters. The molecule has 1 fully saturated rings. The molecule has 2 aromatic rings. The molecule has 0 saturated carbocycles. The van der Waals surface area contributed by atoms with Gasteiger partial charge in [0.05, 0.1) is 0 Å². The van der Waals surface area contributed by atoms with Crippen LogP contribution in [0.1, 0.15) is 26.7 Å². The van der Waals surface area contributed by atoms with Gasteiger partial charge in [0.2, 0.25) is 11.8 Å². The minimum atomic E-state index is -0.420. The number of fused-ring (bicyclic) bond motifs is 1. The number of amides is 2. The maximum absolute atomic E-state index is 12.7. The molecule has 0 bridgehead atoms. The molecule has 1 aliphatic heterocycles. The number of anilines is 1. The number of nitrogens with zero attached hydrogens (tertiary/aromatic N) is 1. The summed E-state index contributed by atoms with van der Waals surface area (Å²) in [6.07, 6.45) is 1.22. The van der Waals surface area contributed by atoms with Gasteiger partial charge in [0.25, 0.3) is 0 Å². The van der Waals surface area contributed by atoms with Gasteiger partial charge in [-0.3, -0.25) is 14.5 Å². The highest BCUT2D eigenvalue weighted by molar-refractivity contribution is 7.17. The zero-order valence-corrected chi connectivity index (χ0v) is 12.9. The lowest BCUT2D eigenvalue weighted by atomic mass is 10.0. The summed E-state index contributed by atoms with van der Waals surface area (Å²) in [6, 6.07) is 7.15. The van der Waals surface area contributed by atoms with Crippen molar-refractivity contribution in [2.45, 2.75) is 38.8 Å². The average Bonchev–Trinajstić information content (AvgIpc) is 2.96. The first-order chi connectivity index (χ1) is 10.2. The van der Waals surface area contributed by atoms with E-state index in [0.717, 1.165) is 11.1 Å². The number of nitrogens with one attached hydrogen (secondary N) is 1. The van der Waals surface area contributed by atoms with Gasteiger partial charge in [0, 0.05) is 10.4 Å². The lowest BCUT2D eigenvalue weighted by Gasteiger charge is -2.38. The molecule has 3 rings (SSSR count). The fraction of sp³-hybridized carbons (Fsp3) is 0.375. The summed E-state index contributed by atoms with van der Waals surface area (Å²) in [5.74, 6) is -0.0760.